The first kappa shape index (κ1) is 26.0. The second-order valence-electron chi connectivity index (χ2n) is 8.48. The fourth-order valence-corrected chi connectivity index (χ4v) is 4.38. The lowest BCUT2D eigenvalue weighted by Gasteiger charge is -2.28. The lowest BCUT2D eigenvalue weighted by Crippen LogP contribution is -2.54. The Hall–Kier alpha value is -4.10. The third-order valence-electron chi connectivity index (χ3n) is 5.82. The standard InChI is InChI=1S/C29H27ClN2O5/c1-4-21-11-6-7-12-24(21)32-28(34)22(27(33)31-29(32)35)14-20-15-23(30)26(25(16-20)36-5-2)37-17-19-10-8-9-18(3)13-19/h6-16H,4-5,17H2,1-3H3,(H,31,33,35)/b22-14-. The third kappa shape index (κ3) is 5.67. The van der Waals surface area contributed by atoms with E-state index < -0.39 is 17.8 Å². The number of urea groups is 1. The monoisotopic (exact) mass is 518 g/mol. The summed E-state index contributed by atoms with van der Waals surface area (Å²) in [5.74, 6) is -0.764. The van der Waals surface area contributed by atoms with Crippen LogP contribution in [-0.2, 0) is 22.6 Å². The zero-order chi connectivity index (χ0) is 26.5. The number of imide groups is 2. The number of amides is 4. The zero-order valence-electron chi connectivity index (χ0n) is 20.8. The van der Waals surface area contributed by atoms with Gasteiger partial charge in [0.25, 0.3) is 11.8 Å². The van der Waals surface area contributed by atoms with Crippen LogP contribution < -0.4 is 19.7 Å². The Morgan fingerprint density at radius 1 is 0.973 bits per heavy atom. The molecule has 7 nitrogen and oxygen atoms in total. The molecule has 8 heteroatoms. The minimum atomic E-state index is -0.791. The van der Waals surface area contributed by atoms with E-state index >= 15 is 0 Å². The second-order valence-corrected chi connectivity index (χ2v) is 8.89. The Bertz CT molecular complexity index is 1400. The van der Waals surface area contributed by atoms with Crippen LogP contribution in [0.15, 0.2) is 66.2 Å². The van der Waals surface area contributed by atoms with Gasteiger partial charge in [0.05, 0.1) is 17.3 Å². The molecule has 190 valence electrons. The number of benzene rings is 3. The van der Waals surface area contributed by atoms with Gasteiger partial charge in [-0.05, 0) is 61.2 Å². The van der Waals surface area contributed by atoms with Crippen molar-refractivity contribution in [3.63, 3.8) is 0 Å². The minimum Gasteiger partial charge on any atom is -0.490 e. The molecule has 3 aromatic rings. The van der Waals surface area contributed by atoms with Crippen LogP contribution in [0, 0.1) is 6.92 Å². The zero-order valence-corrected chi connectivity index (χ0v) is 21.6. The maximum atomic E-state index is 13.4. The van der Waals surface area contributed by atoms with Crippen LogP contribution in [0.25, 0.3) is 6.08 Å². The number of carbonyl (C=O) groups is 3. The van der Waals surface area contributed by atoms with Crippen molar-refractivity contribution in [2.75, 3.05) is 11.5 Å². The number of ether oxygens (including phenoxy) is 2. The summed E-state index contributed by atoms with van der Waals surface area (Å²) in [4.78, 5) is 39.6. The largest absolute Gasteiger partial charge is 0.490 e. The first-order chi connectivity index (χ1) is 17.8. The topological polar surface area (TPSA) is 84.9 Å². The van der Waals surface area contributed by atoms with Crippen LogP contribution in [0.5, 0.6) is 11.5 Å². The molecule has 0 radical (unpaired) electrons. The maximum absolute atomic E-state index is 13.4. The van der Waals surface area contributed by atoms with E-state index in [4.69, 9.17) is 21.1 Å². The minimum absolute atomic E-state index is 0.197. The lowest BCUT2D eigenvalue weighted by atomic mass is 10.0. The van der Waals surface area contributed by atoms with Gasteiger partial charge in [0.15, 0.2) is 11.5 Å². The van der Waals surface area contributed by atoms with Gasteiger partial charge in [-0.15, -0.1) is 0 Å². The van der Waals surface area contributed by atoms with Gasteiger partial charge in [-0.25, -0.2) is 9.69 Å². The van der Waals surface area contributed by atoms with Crippen molar-refractivity contribution >= 4 is 41.2 Å². The molecule has 4 rings (SSSR count). The van der Waals surface area contributed by atoms with Crippen molar-refractivity contribution in [1.29, 1.82) is 0 Å². The summed E-state index contributed by atoms with van der Waals surface area (Å²) in [5, 5.41) is 2.52. The predicted octanol–water partition coefficient (Wildman–Crippen LogP) is 5.85. The molecule has 1 saturated heterocycles. The smallest absolute Gasteiger partial charge is 0.335 e. The molecule has 1 heterocycles. The van der Waals surface area contributed by atoms with Gasteiger partial charge in [0, 0.05) is 0 Å². The number of barbiturate groups is 1. The SMILES string of the molecule is CCOc1cc(/C=C2/C(=O)NC(=O)N(c3ccccc3CC)C2=O)cc(Cl)c1OCc1cccc(C)c1. The van der Waals surface area contributed by atoms with Crippen molar-refractivity contribution in [1.82, 2.24) is 5.32 Å². The number of hydrogen-bond donors (Lipinski definition) is 1. The first-order valence-electron chi connectivity index (χ1n) is 12.0. The molecule has 0 aliphatic carbocycles. The Morgan fingerprint density at radius 2 is 1.76 bits per heavy atom. The molecular formula is C29H27ClN2O5. The van der Waals surface area contributed by atoms with Crippen molar-refractivity contribution in [3.05, 3.63) is 93.5 Å². The summed E-state index contributed by atoms with van der Waals surface area (Å²) < 4.78 is 11.7. The normalized spacial score (nSPS) is 14.6. The van der Waals surface area contributed by atoms with Crippen molar-refractivity contribution in [3.8, 4) is 11.5 Å². The van der Waals surface area contributed by atoms with Crippen LogP contribution in [0.3, 0.4) is 0 Å². The molecule has 1 fully saturated rings. The molecule has 4 amide bonds. The molecule has 1 N–H and O–H groups in total. The molecule has 0 spiro atoms. The Kier molecular flexibility index (Phi) is 7.94. The summed E-state index contributed by atoms with van der Waals surface area (Å²) in [6, 6.07) is 17.4. The molecule has 0 atom stereocenters. The van der Waals surface area contributed by atoms with E-state index in [-0.39, 0.29) is 17.2 Å². The molecule has 0 saturated carbocycles. The number of anilines is 1. The van der Waals surface area contributed by atoms with Crippen LogP contribution in [0.1, 0.15) is 36.1 Å². The highest BCUT2D eigenvalue weighted by Crippen LogP contribution is 2.38. The molecule has 1 aliphatic heterocycles. The van der Waals surface area contributed by atoms with E-state index in [1.165, 1.54) is 6.08 Å². The summed E-state index contributed by atoms with van der Waals surface area (Å²) in [6.45, 7) is 6.40. The van der Waals surface area contributed by atoms with Crippen molar-refractivity contribution in [2.24, 2.45) is 0 Å². The summed E-state index contributed by atoms with van der Waals surface area (Å²) in [6.07, 6.45) is 2.00. The van der Waals surface area contributed by atoms with E-state index in [9.17, 15) is 14.4 Å². The highest BCUT2D eigenvalue weighted by atomic mass is 35.5. The highest BCUT2D eigenvalue weighted by molar-refractivity contribution is 6.39. The van der Waals surface area contributed by atoms with Crippen molar-refractivity contribution in [2.45, 2.75) is 33.8 Å². The van der Waals surface area contributed by atoms with E-state index in [1.54, 1.807) is 24.3 Å². The van der Waals surface area contributed by atoms with Gasteiger partial charge in [0.1, 0.15) is 12.2 Å². The number of rotatable bonds is 8. The molecule has 0 aromatic heterocycles. The molecule has 0 bridgehead atoms. The second kappa shape index (κ2) is 11.3. The summed E-state index contributed by atoms with van der Waals surface area (Å²) in [7, 11) is 0. The number of para-hydroxylation sites is 1. The number of aryl methyl sites for hydroxylation is 2. The Morgan fingerprint density at radius 3 is 2.49 bits per heavy atom. The van der Waals surface area contributed by atoms with Crippen LogP contribution in [0.2, 0.25) is 5.02 Å². The predicted molar refractivity (Wildman–Crippen MR) is 143 cm³/mol. The number of halogens is 1. The quantitative estimate of drug-likeness (QED) is 0.298. The summed E-state index contributed by atoms with van der Waals surface area (Å²) in [5.41, 5.74) is 3.58. The maximum Gasteiger partial charge on any atom is 0.335 e. The fourth-order valence-electron chi connectivity index (χ4n) is 4.10. The molecule has 37 heavy (non-hydrogen) atoms. The van der Waals surface area contributed by atoms with Gasteiger partial charge >= 0.3 is 6.03 Å². The number of nitrogens with zero attached hydrogens (tertiary/aromatic N) is 1. The number of carbonyl (C=O) groups excluding carboxylic acids is 3. The Balaban J connectivity index is 1.68. The van der Waals surface area contributed by atoms with Crippen LogP contribution in [-0.4, -0.2) is 24.5 Å². The lowest BCUT2D eigenvalue weighted by molar-refractivity contribution is -0.122. The van der Waals surface area contributed by atoms with Crippen LogP contribution >= 0.6 is 11.6 Å². The first-order valence-corrected chi connectivity index (χ1v) is 12.3. The van der Waals surface area contributed by atoms with Crippen molar-refractivity contribution < 1.29 is 23.9 Å². The molecular weight excluding hydrogens is 492 g/mol. The average molecular weight is 519 g/mol. The number of hydrogen-bond acceptors (Lipinski definition) is 5. The molecule has 3 aromatic carbocycles. The summed E-state index contributed by atoms with van der Waals surface area (Å²) >= 11 is 6.56. The fraction of sp³-hybridized carbons (Fsp3) is 0.207. The van der Waals surface area contributed by atoms with E-state index in [0.29, 0.717) is 35.8 Å². The third-order valence-corrected chi connectivity index (χ3v) is 6.10. The van der Waals surface area contributed by atoms with Gasteiger partial charge in [-0.3, -0.25) is 14.9 Å². The highest BCUT2D eigenvalue weighted by Gasteiger charge is 2.37. The van der Waals surface area contributed by atoms with E-state index in [1.807, 2.05) is 57.2 Å². The van der Waals surface area contributed by atoms with Gasteiger partial charge < -0.3 is 9.47 Å². The van der Waals surface area contributed by atoms with Gasteiger partial charge in [-0.2, -0.15) is 0 Å². The van der Waals surface area contributed by atoms with Gasteiger partial charge in [-0.1, -0.05) is 66.6 Å². The van der Waals surface area contributed by atoms with Gasteiger partial charge in [0.2, 0.25) is 0 Å². The number of nitrogens with one attached hydrogen (secondary N) is 1. The molecule has 0 unspecified atom stereocenters. The Labute approximate surface area is 220 Å². The molecule has 1 aliphatic rings. The van der Waals surface area contributed by atoms with Crippen LogP contribution in [0.4, 0.5) is 10.5 Å². The van der Waals surface area contributed by atoms with E-state index in [2.05, 4.69) is 5.32 Å². The average Bonchev–Trinajstić information content (AvgIpc) is 2.86. The van der Waals surface area contributed by atoms with E-state index in [0.717, 1.165) is 21.6 Å².